The number of nitrogens with zero attached hydrogens (tertiary/aromatic N) is 2. The van der Waals surface area contributed by atoms with Crippen LogP contribution in [0.4, 0.5) is 0 Å². The molecule has 114 valence electrons. The van der Waals surface area contributed by atoms with Gasteiger partial charge in [-0.3, -0.25) is 14.5 Å². The predicted octanol–water partition coefficient (Wildman–Crippen LogP) is 0.912. The summed E-state index contributed by atoms with van der Waals surface area (Å²) in [5.74, 6) is 0.0877. The van der Waals surface area contributed by atoms with E-state index in [2.05, 4.69) is 10.2 Å². The van der Waals surface area contributed by atoms with Crippen molar-refractivity contribution in [2.75, 3.05) is 46.0 Å². The molecule has 1 aliphatic heterocycles. The number of carbonyl (C=O) groups excluding carboxylic acids is 2. The summed E-state index contributed by atoms with van der Waals surface area (Å²) in [7, 11) is 1.64. The van der Waals surface area contributed by atoms with Crippen molar-refractivity contribution in [2.45, 2.75) is 4.90 Å². The van der Waals surface area contributed by atoms with E-state index in [4.69, 9.17) is 0 Å². The molecule has 2 rings (SSSR count). The van der Waals surface area contributed by atoms with Gasteiger partial charge >= 0.3 is 0 Å². The number of piperazine rings is 1. The Bertz CT molecular complexity index is 496. The molecular weight excluding hydrogens is 286 g/mol. The zero-order valence-corrected chi connectivity index (χ0v) is 13.3. The van der Waals surface area contributed by atoms with Crippen molar-refractivity contribution in [3.05, 3.63) is 29.8 Å². The topological polar surface area (TPSA) is 52.7 Å². The SMILES string of the molecule is CNC(=O)CN1CCN(C(=O)c2ccc(SC)cc2)CC1. The van der Waals surface area contributed by atoms with Crippen molar-refractivity contribution < 1.29 is 9.59 Å². The van der Waals surface area contributed by atoms with Crippen molar-refractivity contribution in [1.29, 1.82) is 0 Å². The molecule has 0 spiro atoms. The first-order valence-electron chi connectivity index (χ1n) is 7.00. The lowest BCUT2D eigenvalue weighted by Gasteiger charge is -2.34. The van der Waals surface area contributed by atoms with Crippen LogP contribution < -0.4 is 5.32 Å². The molecule has 21 heavy (non-hydrogen) atoms. The molecule has 1 aliphatic rings. The summed E-state index contributed by atoms with van der Waals surface area (Å²) in [5.41, 5.74) is 0.729. The van der Waals surface area contributed by atoms with Crippen LogP contribution in [0.25, 0.3) is 0 Å². The number of hydrogen-bond acceptors (Lipinski definition) is 4. The van der Waals surface area contributed by atoms with Crippen LogP contribution in [0, 0.1) is 0 Å². The van der Waals surface area contributed by atoms with E-state index in [1.807, 2.05) is 35.4 Å². The van der Waals surface area contributed by atoms with E-state index in [9.17, 15) is 9.59 Å². The summed E-state index contributed by atoms with van der Waals surface area (Å²) >= 11 is 1.66. The summed E-state index contributed by atoms with van der Waals surface area (Å²) in [6.45, 7) is 3.21. The Kier molecular flexibility index (Phi) is 5.64. The van der Waals surface area contributed by atoms with Gasteiger partial charge in [0.15, 0.2) is 0 Å². The van der Waals surface area contributed by atoms with Crippen molar-refractivity contribution >= 4 is 23.6 Å². The fraction of sp³-hybridized carbons (Fsp3) is 0.467. The first-order valence-corrected chi connectivity index (χ1v) is 8.23. The molecule has 0 aliphatic carbocycles. The Balaban J connectivity index is 1.89. The Morgan fingerprint density at radius 1 is 1.14 bits per heavy atom. The third-order valence-corrected chi connectivity index (χ3v) is 4.39. The average Bonchev–Trinajstić information content (AvgIpc) is 2.55. The second kappa shape index (κ2) is 7.47. The minimum Gasteiger partial charge on any atom is -0.358 e. The molecule has 0 atom stereocenters. The van der Waals surface area contributed by atoms with Gasteiger partial charge in [-0.15, -0.1) is 11.8 Å². The molecule has 0 aromatic heterocycles. The second-order valence-electron chi connectivity index (χ2n) is 4.97. The molecule has 6 heteroatoms. The van der Waals surface area contributed by atoms with Gasteiger partial charge in [-0.1, -0.05) is 0 Å². The van der Waals surface area contributed by atoms with Crippen molar-refractivity contribution in [1.82, 2.24) is 15.1 Å². The van der Waals surface area contributed by atoms with Crippen LogP contribution in [0.2, 0.25) is 0 Å². The molecular formula is C15H21N3O2S. The third kappa shape index (κ3) is 4.22. The summed E-state index contributed by atoms with van der Waals surface area (Å²) < 4.78 is 0. The fourth-order valence-electron chi connectivity index (χ4n) is 2.31. The molecule has 0 radical (unpaired) electrons. The molecule has 0 bridgehead atoms. The molecule has 1 fully saturated rings. The summed E-state index contributed by atoms with van der Waals surface area (Å²) in [6.07, 6.45) is 2.02. The van der Waals surface area contributed by atoms with E-state index in [1.165, 1.54) is 0 Å². The van der Waals surface area contributed by atoms with Gasteiger partial charge in [0.1, 0.15) is 0 Å². The van der Waals surface area contributed by atoms with E-state index < -0.39 is 0 Å². The van der Waals surface area contributed by atoms with Gasteiger partial charge in [0.25, 0.3) is 5.91 Å². The third-order valence-electron chi connectivity index (χ3n) is 3.64. The number of hydrogen-bond donors (Lipinski definition) is 1. The van der Waals surface area contributed by atoms with Gasteiger partial charge < -0.3 is 10.2 Å². The summed E-state index contributed by atoms with van der Waals surface area (Å²) in [5, 5.41) is 2.62. The van der Waals surface area contributed by atoms with E-state index in [1.54, 1.807) is 18.8 Å². The van der Waals surface area contributed by atoms with Gasteiger partial charge in [0.05, 0.1) is 6.54 Å². The minimum absolute atomic E-state index is 0.0161. The van der Waals surface area contributed by atoms with Crippen LogP contribution >= 0.6 is 11.8 Å². The average molecular weight is 307 g/mol. The number of nitrogens with one attached hydrogen (secondary N) is 1. The molecule has 1 aromatic rings. The predicted molar refractivity (Wildman–Crippen MR) is 84.6 cm³/mol. The molecule has 1 N–H and O–H groups in total. The Hall–Kier alpha value is -1.53. The maximum Gasteiger partial charge on any atom is 0.253 e. The second-order valence-corrected chi connectivity index (χ2v) is 5.85. The Labute approximate surface area is 129 Å². The molecule has 1 saturated heterocycles. The Morgan fingerprint density at radius 3 is 2.29 bits per heavy atom. The molecule has 1 heterocycles. The standard InChI is InChI=1S/C15H21N3O2S/c1-16-14(19)11-17-7-9-18(10-8-17)15(20)12-3-5-13(21-2)6-4-12/h3-6H,7-11H2,1-2H3,(H,16,19). The normalized spacial score (nSPS) is 15.8. The highest BCUT2D eigenvalue weighted by molar-refractivity contribution is 7.98. The van der Waals surface area contributed by atoms with Crippen molar-refractivity contribution in [3.8, 4) is 0 Å². The molecule has 0 unspecified atom stereocenters. The van der Waals surface area contributed by atoms with Gasteiger partial charge in [-0.05, 0) is 30.5 Å². The van der Waals surface area contributed by atoms with Crippen LogP contribution in [0.15, 0.2) is 29.2 Å². The van der Waals surface area contributed by atoms with E-state index in [0.29, 0.717) is 19.6 Å². The Morgan fingerprint density at radius 2 is 1.76 bits per heavy atom. The quantitative estimate of drug-likeness (QED) is 0.840. The van der Waals surface area contributed by atoms with E-state index in [-0.39, 0.29) is 11.8 Å². The number of rotatable bonds is 4. The lowest BCUT2D eigenvalue weighted by molar-refractivity contribution is -0.122. The first kappa shape index (κ1) is 15.9. The highest BCUT2D eigenvalue weighted by atomic mass is 32.2. The lowest BCUT2D eigenvalue weighted by Crippen LogP contribution is -2.50. The van der Waals surface area contributed by atoms with Crippen LogP contribution in [-0.4, -0.2) is 67.6 Å². The van der Waals surface area contributed by atoms with Gasteiger partial charge in [0.2, 0.25) is 5.91 Å². The smallest absolute Gasteiger partial charge is 0.253 e. The van der Waals surface area contributed by atoms with Crippen LogP contribution in [0.3, 0.4) is 0 Å². The van der Waals surface area contributed by atoms with Gasteiger partial charge in [0, 0.05) is 43.7 Å². The number of thioether (sulfide) groups is 1. The van der Waals surface area contributed by atoms with Crippen molar-refractivity contribution in [3.63, 3.8) is 0 Å². The number of benzene rings is 1. The van der Waals surface area contributed by atoms with Crippen LogP contribution in [0.5, 0.6) is 0 Å². The van der Waals surface area contributed by atoms with Crippen LogP contribution in [0.1, 0.15) is 10.4 Å². The number of likely N-dealkylation sites (N-methyl/N-ethyl adjacent to an activating group) is 1. The highest BCUT2D eigenvalue weighted by Crippen LogP contribution is 2.16. The minimum atomic E-state index is 0.0161. The van der Waals surface area contributed by atoms with E-state index >= 15 is 0 Å². The van der Waals surface area contributed by atoms with Crippen molar-refractivity contribution in [2.24, 2.45) is 0 Å². The lowest BCUT2D eigenvalue weighted by atomic mass is 10.2. The number of carbonyl (C=O) groups is 2. The van der Waals surface area contributed by atoms with E-state index in [0.717, 1.165) is 23.5 Å². The fourth-order valence-corrected chi connectivity index (χ4v) is 2.72. The van der Waals surface area contributed by atoms with Gasteiger partial charge in [-0.2, -0.15) is 0 Å². The zero-order chi connectivity index (χ0) is 15.2. The molecule has 2 amide bonds. The molecule has 5 nitrogen and oxygen atoms in total. The maximum absolute atomic E-state index is 12.4. The monoisotopic (exact) mass is 307 g/mol. The van der Waals surface area contributed by atoms with Gasteiger partial charge in [-0.25, -0.2) is 0 Å². The largest absolute Gasteiger partial charge is 0.358 e. The molecule has 0 saturated carbocycles. The van der Waals surface area contributed by atoms with Crippen LogP contribution in [-0.2, 0) is 4.79 Å². The first-order chi connectivity index (χ1) is 10.1. The number of amides is 2. The highest BCUT2D eigenvalue weighted by Gasteiger charge is 2.22. The summed E-state index contributed by atoms with van der Waals surface area (Å²) in [6, 6.07) is 7.70. The zero-order valence-electron chi connectivity index (χ0n) is 12.5. The maximum atomic E-state index is 12.4. The molecule has 1 aromatic carbocycles. The summed E-state index contributed by atoms with van der Waals surface area (Å²) in [4.78, 5) is 28.8.